The molecular weight excluding hydrogens is 304 g/mol. The van der Waals surface area contributed by atoms with Crippen molar-refractivity contribution in [3.8, 4) is 17.2 Å². The van der Waals surface area contributed by atoms with Gasteiger partial charge in [-0.25, -0.2) is 0 Å². The van der Waals surface area contributed by atoms with Crippen molar-refractivity contribution in [2.45, 2.75) is 26.2 Å². The maximum absolute atomic E-state index is 11.1. The average Bonchev–Trinajstić information content (AvgIpc) is 2.58. The fourth-order valence-electron chi connectivity index (χ4n) is 2.38. The molecule has 0 aliphatic carbocycles. The molecule has 2 rings (SSSR count). The van der Waals surface area contributed by atoms with Crippen molar-refractivity contribution >= 4 is 6.29 Å². The van der Waals surface area contributed by atoms with Crippen molar-refractivity contribution in [1.29, 1.82) is 0 Å². The molecule has 0 N–H and O–H groups in total. The first-order chi connectivity index (χ1) is 11.5. The lowest BCUT2D eigenvalue weighted by atomic mass is 9.86. The highest BCUT2D eigenvalue weighted by Crippen LogP contribution is 2.31. The molecule has 0 spiro atoms. The van der Waals surface area contributed by atoms with Gasteiger partial charge in [0.05, 0.1) is 12.7 Å². The third-order valence-corrected chi connectivity index (χ3v) is 3.64. The Balaban J connectivity index is 1.98. The average molecular weight is 328 g/mol. The molecule has 0 bridgehead atoms. The lowest BCUT2D eigenvalue weighted by molar-refractivity contribution is 0.111. The van der Waals surface area contributed by atoms with Gasteiger partial charge >= 0.3 is 0 Å². The van der Waals surface area contributed by atoms with E-state index >= 15 is 0 Å². The summed E-state index contributed by atoms with van der Waals surface area (Å²) in [7, 11) is 1.58. The molecule has 0 aromatic heterocycles. The normalized spacial score (nSPS) is 11.0. The van der Waals surface area contributed by atoms with E-state index in [0.717, 1.165) is 17.6 Å². The summed E-state index contributed by atoms with van der Waals surface area (Å²) in [5.41, 5.74) is 1.65. The predicted octanol–water partition coefficient (Wildman–Crippen LogP) is 4.26. The second-order valence-corrected chi connectivity index (χ2v) is 6.46. The summed E-state index contributed by atoms with van der Waals surface area (Å²) in [6.07, 6.45) is 0.768. The van der Waals surface area contributed by atoms with Crippen LogP contribution in [0.5, 0.6) is 17.2 Å². The maximum atomic E-state index is 11.1. The van der Waals surface area contributed by atoms with Crippen molar-refractivity contribution in [3.63, 3.8) is 0 Å². The summed E-state index contributed by atoms with van der Waals surface area (Å²) in [5, 5.41) is 0. The Morgan fingerprint density at radius 1 is 0.958 bits per heavy atom. The van der Waals surface area contributed by atoms with Gasteiger partial charge in [0.15, 0.2) is 6.29 Å². The van der Waals surface area contributed by atoms with Crippen LogP contribution in [-0.2, 0) is 5.41 Å². The van der Waals surface area contributed by atoms with Crippen LogP contribution in [0, 0.1) is 0 Å². The van der Waals surface area contributed by atoms with E-state index in [0.29, 0.717) is 30.3 Å². The van der Waals surface area contributed by atoms with Gasteiger partial charge in [-0.1, -0.05) is 39.0 Å². The first kappa shape index (κ1) is 17.9. The minimum absolute atomic E-state index is 0.00886. The maximum Gasteiger partial charge on any atom is 0.153 e. The Hall–Kier alpha value is -2.49. The SMILES string of the molecule is COc1ccc(C=O)c(OCCOc2ccccc2C(C)(C)C)c1. The van der Waals surface area contributed by atoms with Crippen LogP contribution in [0.15, 0.2) is 42.5 Å². The molecule has 2 aromatic carbocycles. The molecule has 4 heteroatoms. The topological polar surface area (TPSA) is 44.8 Å². The number of carbonyl (C=O) groups excluding carboxylic acids is 1. The molecule has 0 unspecified atom stereocenters. The van der Waals surface area contributed by atoms with Crippen LogP contribution in [0.4, 0.5) is 0 Å². The first-order valence-corrected chi connectivity index (χ1v) is 7.94. The van der Waals surface area contributed by atoms with Crippen molar-refractivity contribution < 1.29 is 19.0 Å². The second-order valence-electron chi connectivity index (χ2n) is 6.46. The zero-order valence-corrected chi connectivity index (χ0v) is 14.7. The number of rotatable bonds is 7. The minimum atomic E-state index is 0.00886. The molecule has 0 radical (unpaired) electrons. The first-order valence-electron chi connectivity index (χ1n) is 7.94. The molecule has 128 valence electrons. The van der Waals surface area contributed by atoms with E-state index in [9.17, 15) is 4.79 Å². The summed E-state index contributed by atoms with van der Waals surface area (Å²) in [6.45, 7) is 7.18. The number of benzene rings is 2. The quantitative estimate of drug-likeness (QED) is 0.562. The highest BCUT2D eigenvalue weighted by Gasteiger charge is 2.18. The van der Waals surface area contributed by atoms with Gasteiger partial charge in [0.1, 0.15) is 30.5 Å². The van der Waals surface area contributed by atoms with Crippen molar-refractivity contribution in [3.05, 3.63) is 53.6 Å². The molecule has 2 aromatic rings. The van der Waals surface area contributed by atoms with Crippen molar-refractivity contribution in [2.24, 2.45) is 0 Å². The van der Waals surface area contributed by atoms with Gasteiger partial charge in [0.2, 0.25) is 0 Å². The summed E-state index contributed by atoms with van der Waals surface area (Å²) in [5.74, 6) is 2.00. The van der Waals surface area contributed by atoms with Crippen molar-refractivity contribution in [1.82, 2.24) is 0 Å². The Labute approximate surface area is 143 Å². The highest BCUT2D eigenvalue weighted by atomic mass is 16.5. The highest BCUT2D eigenvalue weighted by molar-refractivity contribution is 5.79. The lowest BCUT2D eigenvalue weighted by Crippen LogP contribution is -2.16. The Kier molecular flexibility index (Phi) is 5.85. The smallest absolute Gasteiger partial charge is 0.153 e. The number of hydrogen-bond acceptors (Lipinski definition) is 4. The molecule has 0 heterocycles. The van der Waals surface area contributed by atoms with Crippen molar-refractivity contribution in [2.75, 3.05) is 20.3 Å². The summed E-state index contributed by atoms with van der Waals surface area (Å²) in [6, 6.07) is 13.1. The molecule has 0 saturated carbocycles. The van der Waals surface area contributed by atoms with Crippen LogP contribution < -0.4 is 14.2 Å². The molecule has 4 nitrogen and oxygen atoms in total. The third-order valence-electron chi connectivity index (χ3n) is 3.64. The lowest BCUT2D eigenvalue weighted by Gasteiger charge is -2.22. The van der Waals surface area contributed by atoms with E-state index in [4.69, 9.17) is 14.2 Å². The number of carbonyl (C=O) groups is 1. The summed E-state index contributed by atoms with van der Waals surface area (Å²) >= 11 is 0. The monoisotopic (exact) mass is 328 g/mol. The number of hydrogen-bond donors (Lipinski definition) is 0. The summed E-state index contributed by atoms with van der Waals surface area (Å²) in [4.78, 5) is 11.1. The molecule has 0 atom stereocenters. The van der Waals surface area contributed by atoms with E-state index in [-0.39, 0.29) is 5.41 Å². The molecule has 0 aliphatic heterocycles. The van der Waals surface area contributed by atoms with Crippen LogP contribution in [0.2, 0.25) is 0 Å². The van der Waals surface area contributed by atoms with Gasteiger partial charge in [-0.05, 0) is 29.2 Å². The molecule has 24 heavy (non-hydrogen) atoms. The van der Waals surface area contributed by atoms with Gasteiger partial charge in [-0.2, -0.15) is 0 Å². The predicted molar refractivity (Wildman–Crippen MR) is 94.5 cm³/mol. The van der Waals surface area contributed by atoms with Gasteiger partial charge in [-0.3, -0.25) is 4.79 Å². The van der Waals surface area contributed by atoms with Gasteiger partial charge in [0, 0.05) is 6.07 Å². The molecule has 0 fully saturated rings. The van der Waals surface area contributed by atoms with E-state index in [1.165, 1.54) is 0 Å². The number of ether oxygens (including phenoxy) is 3. The minimum Gasteiger partial charge on any atom is -0.497 e. The van der Waals surface area contributed by atoms with Crippen LogP contribution in [-0.4, -0.2) is 26.6 Å². The van der Waals surface area contributed by atoms with Gasteiger partial charge in [0.25, 0.3) is 0 Å². The summed E-state index contributed by atoms with van der Waals surface area (Å²) < 4.78 is 16.7. The number of methoxy groups -OCH3 is 1. The zero-order valence-electron chi connectivity index (χ0n) is 14.7. The Morgan fingerprint density at radius 2 is 1.62 bits per heavy atom. The number of aldehydes is 1. The van der Waals surface area contributed by atoms with E-state index < -0.39 is 0 Å². The molecule has 0 aliphatic rings. The van der Waals surface area contributed by atoms with E-state index in [1.807, 2.05) is 18.2 Å². The van der Waals surface area contributed by atoms with E-state index in [1.54, 1.807) is 25.3 Å². The second kappa shape index (κ2) is 7.86. The van der Waals surface area contributed by atoms with Gasteiger partial charge in [-0.15, -0.1) is 0 Å². The van der Waals surface area contributed by atoms with Crippen LogP contribution in [0.25, 0.3) is 0 Å². The molecular formula is C20H24O4. The fourth-order valence-corrected chi connectivity index (χ4v) is 2.38. The molecule has 0 saturated heterocycles. The Bertz CT molecular complexity index is 686. The largest absolute Gasteiger partial charge is 0.497 e. The van der Waals surface area contributed by atoms with Crippen LogP contribution >= 0.6 is 0 Å². The number of para-hydroxylation sites is 1. The zero-order chi connectivity index (χ0) is 17.6. The van der Waals surface area contributed by atoms with Crippen LogP contribution in [0.3, 0.4) is 0 Å². The van der Waals surface area contributed by atoms with E-state index in [2.05, 4.69) is 26.8 Å². The fraction of sp³-hybridized carbons (Fsp3) is 0.350. The van der Waals surface area contributed by atoms with Crippen LogP contribution in [0.1, 0.15) is 36.7 Å². The molecule has 0 amide bonds. The standard InChI is InChI=1S/C20H24O4/c1-20(2,3)17-7-5-6-8-18(17)23-11-12-24-19-13-16(22-4)10-9-15(19)14-21/h5-10,13-14H,11-12H2,1-4H3. The third kappa shape index (κ3) is 4.51. The van der Waals surface area contributed by atoms with Gasteiger partial charge < -0.3 is 14.2 Å². The Morgan fingerprint density at radius 3 is 2.25 bits per heavy atom.